The summed E-state index contributed by atoms with van der Waals surface area (Å²) in [7, 11) is 0. The minimum atomic E-state index is -0.516. The Bertz CT molecular complexity index is 327. The summed E-state index contributed by atoms with van der Waals surface area (Å²) >= 11 is 0. The molecule has 14 heavy (non-hydrogen) atoms. The number of nitrogens with two attached hydrogens (primary N) is 1. The van der Waals surface area contributed by atoms with E-state index in [-0.39, 0.29) is 5.91 Å². The minimum Gasteiger partial charge on any atom is -0.320 e. The van der Waals surface area contributed by atoms with Gasteiger partial charge in [0, 0.05) is 5.69 Å². The second-order valence-electron chi connectivity index (χ2n) is 3.45. The summed E-state index contributed by atoms with van der Waals surface area (Å²) in [4.78, 5) is 15.4. The summed E-state index contributed by atoms with van der Waals surface area (Å²) in [5, 5.41) is 2.65. The Morgan fingerprint density at radius 2 is 2.14 bits per heavy atom. The molecule has 0 radical (unpaired) electrons. The Balaban J connectivity index is 2.82. The summed E-state index contributed by atoms with van der Waals surface area (Å²) in [6, 6.07) is 3.24. The summed E-state index contributed by atoms with van der Waals surface area (Å²) in [6.07, 6.45) is 0. The lowest BCUT2D eigenvalue weighted by Gasteiger charge is -2.08. The van der Waals surface area contributed by atoms with Gasteiger partial charge >= 0.3 is 0 Å². The van der Waals surface area contributed by atoms with E-state index in [0.717, 1.165) is 11.3 Å². The zero-order chi connectivity index (χ0) is 10.7. The van der Waals surface area contributed by atoms with Gasteiger partial charge in [0.15, 0.2) is 0 Å². The number of carbonyl (C=O) groups is 1. The monoisotopic (exact) mass is 193 g/mol. The van der Waals surface area contributed by atoms with Crippen LogP contribution in [0.5, 0.6) is 0 Å². The molecule has 0 saturated heterocycles. The van der Waals surface area contributed by atoms with Crippen LogP contribution in [0.2, 0.25) is 0 Å². The van der Waals surface area contributed by atoms with E-state index in [9.17, 15) is 4.79 Å². The van der Waals surface area contributed by atoms with Crippen molar-refractivity contribution in [3.63, 3.8) is 0 Å². The van der Waals surface area contributed by atoms with E-state index < -0.39 is 6.04 Å². The van der Waals surface area contributed by atoms with Crippen LogP contribution < -0.4 is 11.1 Å². The van der Waals surface area contributed by atoms with Gasteiger partial charge < -0.3 is 11.1 Å². The Morgan fingerprint density at radius 1 is 1.50 bits per heavy atom. The van der Waals surface area contributed by atoms with E-state index in [1.807, 2.05) is 26.0 Å². The van der Waals surface area contributed by atoms with Gasteiger partial charge in [-0.25, -0.2) is 4.98 Å². The second-order valence-corrected chi connectivity index (χ2v) is 3.45. The van der Waals surface area contributed by atoms with E-state index in [1.54, 1.807) is 6.92 Å². The van der Waals surface area contributed by atoms with Gasteiger partial charge in [0.05, 0.1) is 6.04 Å². The van der Waals surface area contributed by atoms with Crippen LogP contribution in [0.4, 0.5) is 5.82 Å². The van der Waals surface area contributed by atoms with Gasteiger partial charge in [-0.05, 0) is 38.5 Å². The standard InChI is InChI=1S/C10H15N3O/c1-6-4-7(2)12-9(5-6)13-10(14)8(3)11/h4-5,8H,11H2,1-3H3,(H,12,13,14)/t8-/m1/s1. The molecule has 1 atom stereocenters. The summed E-state index contributed by atoms with van der Waals surface area (Å²) in [5.74, 6) is 0.340. The van der Waals surface area contributed by atoms with Gasteiger partial charge in [0.25, 0.3) is 0 Å². The fourth-order valence-electron chi connectivity index (χ4n) is 1.15. The quantitative estimate of drug-likeness (QED) is 0.735. The molecule has 0 aliphatic rings. The third-order valence-electron chi connectivity index (χ3n) is 1.76. The van der Waals surface area contributed by atoms with Crippen molar-refractivity contribution in [1.29, 1.82) is 0 Å². The molecule has 1 rings (SSSR count). The topological polar surface area (TPSA) is 68.0 Å². The van der Waals surface area contributed by atoms with Crippen LogP contribution in [0.15, 0.2) is 12.1 Å². The highest BCUT2D eigenvalue weighted by Gasteiger charge is 2.08. The Labute approximate surface area is 83.5 Å². The number of rotatable bonds is 2. The largest absolute Gasteiger partial charge is 0.320 e. The van der Waals surface area contributed by atoms with E-state index in [4.69, 9.17) is 5.73 Å². The van der Waals surface area contributed by atoms with Gasteiger partial charge in [-0.1, -0.05) is 0 Å². The smallest absolute Gasteiger partial charge is 0.242 e. The third kappa shape index (κ3) is 2.81. The molecule has 4 heteroatoms. The molecule has 0 aromatic carbocycles. The van der Waals surface area contributed by atoms with Gasteiger partial charge in [-0.3, -0.25) is 4.79 Å². The van der Waals surface area contributed by atoms with Crippen molar-refractivity contribution in [2.75, 3.05) is 5.32 Å². The minimum absolute atomic E-state index is 0.220. The normalized spacial score (nSPS) is 12.3. The van der Waals surface area contributed by atoms with Crippen LogP contribution in [0.1, 0.15) is 18.2 Å². The maximum atomic E-state index is 11.3. The zero-order valence-corrected chi connectivity index (χ0v) is 8.66. The molecule has 1 aromatic heterocycles. The molecule has 0 aliphatic heterocycles. The number of amides is 1. The molecular formula is C10H15N3O. The highest BCUT2D eigenvalue weighted by Crippen LogP contribution is 2.08. The SMILES string of the molecule is Cc1cc(C)nc(NC(=O)[C@@H](C)N)c1. The summed E-state index contributed by atoms with van der Waals surface area (Å²) in [5.41, 5.74) is 7.37. The van der Waals surface area contributed by atoms with Gasteiger partial charge in [-0.2, -0.15) is 0 Å². The van der Waals surface area contributed by atoms with Crippen molar-refractivity contribution in [2.45, 2.75) is 26.8 Å². The van der Waals surface area contributed by atoms with Crippen LogP contribution in [0, 0.1) is 13.8 Å². The lowest BCUT2D eigenvalue weighted by Crippen LogP contribution is -2.32. The number of nitrogens with one attached hydrogen (secondary N) is 1. The molecule has 0 unspecified atom stereocenters. The van der Waals surface area contributed by atoms with Gasteiger partial charge in [0.1, 0.15) is 5.82 Å². The van der Waals surface area contributed by atoms with Crippen molar-refractivity contribution in [1.82, 2.24) is 4.98 Å². The molecule has 0 bridgehead atoms. The van der Waals surface area contributed by atoms with Gasteiger partial charge in [-0.15, -0.1) is 0 Å². The first-order valence-corrected chi connectivity index (χ1v) is 4.51. The first-order chi connectivity index (χ1) is 6.49. The predicted molar refractivity (Wildman–Crippen MR) is 56.0 cm³/mol. The number of anilines is 1. The summed E-state index contributed by atoms with van der Waals surface area (Å²) in [6.45, 7) is 5.47. The van der Waals surface area contributed by atoms with Crippen molar-refractivity contribution < 1.29 is 4.79 Å². The third-order valence-corrected chi connectivity index (χ3v) is 1.76. The molecule has 0 saturated carbocycles. The number of carbonyl (C=O) groups excluding carboxylic acids is 1. The van der Waals surface area contributed by atoms with Crippen LogP contribution in [0.25, 0.3) is 0 Å². The van der Waals surface area contributed by atoms with E-state index >= 15 is 0 Å². The first-order valence-electron chi connectivity index (χ1n) is 4.51. The Kier molecular flexibility index (Phi) is 3.19. The maximum Gasteiger partial charge on any atom is 0.242 e. The zero-order valence-electron chi connectivity index (χ0n) is 8.66. The number of hydrogen-bond acceptors (Lipinski definition) is 3. The fourth-order valence-corrected chi connectivity index (χ4v) is 1.15. The van der Waals surface area contributed by atoms with E-state index in [1.165, 1.54) is 0 Å². The number of aromatic nitrogens is 1. The molecule has 3 N–H and O–H groups in total. The molecule has 1 heterocycles. The molecule has 0 spiro atoms. The molecule has 76 valence electrons. The van der Waals surface area contributed by atoms with Crippen LogP contribution in [-0.2, 0) is 4.79 Å². The molecule has 1 aromatic rings. The highest BCUT2D eigenvalue weighted by atomic mass is 16.2. The average Bonchev–Trinajstić information content (AvgIpc) is 2.01. The van der Waals surface area contributed by atoms with E-state index in [0.29, 0.717) is 5.82 Å². The van der Waals surface area contributed by atoms with Crippen LogP contribution >= 0.6 is 0 Å². The molecule has 4 nitrogen and oxygen atoms in total. The van der Waals surface area contributed by atoms with Crippen molar-refractivity contribution >= 4 is 11.7 Å². The average molecular weight is 193 g/mol. The second kappa shape index (κ2) is 4.19. The highest BCUT2D eigenvalue weighted by molar-refractivity contribution is 5.93. The van der Waals surface area contributed by atoms with E-state index in [2.05, 4.69) is 10.3 Å². The molecule has 1 amide bonds. The Hall–Kier alpha value is -1.42. The van der Waals surface area contributed by atoms with Crippen molar-refractivity contribution in [3.05, 3.63) is 23.4 Å². The molecular weight excluding hydrogens is 178 g/mol. The van der Waals surface area contributed by atoms with Crippen molar-refractivity contribution in [3.8, 4) is 0 Å². The molecule has 0 fully saturated rings. The molecule has 0 aliphatic carbocycles. The van der Waals surface area contributed by atoms with Crippen molar-refractivity contribution in [2.24, 2.45) is 5.73 Å². The van der Waals surface area contributed by atoms with Crippen LogP contribution in [0.3, 0.4) is 0 Å². The number of aryl methyl sites for hydroxylation is 2. The van der Waals surface area contributed by atoms with Gasteiger partial charge in [0.2, 0.25) is 5.91 Å². The first kappa shape index (κ1) is 10.7. The summed E-state index contributed by atoms with van der Waals surface area (Å²) < 4.78 is 0. The lowest BCUT2D eigenvalue weighted by molar-refractivity contribution is -0.117. The Morgan fingerprint density at radius 3 is 2.64 bits per heavy atom. The lowest BCUT2D eigenvalue weighted by atomic mass is 10.2. The predicted octanol–water partition coefficient (Wildman–Crippen LogP) is 0.984. The maximum absolute atomic E-state index is 11.3. The number of pyridine rings is 1. The van der Waals surface area contributed by atoms with Crippen LogP contribution in [-0.4, -0.2) is 16.9 Å². The number of hydrogen-bond donors (Lipinski definition) is 2. The fraction of sp³-hybridized carbons (Fsp3) is 0.400. The number of nitrogens with zero attached hydrogens (tertiary/aromatic N) is 1.